The Morgan fingerprint density at radius 2 is 1.54 bits per heavy atom. The molecule has 4 rings (SSSR count). The number of carbonyl (C=O) groups is 1. The van der Waals surface area contributed by atoms with Crippen molar-refractivity contribution in [3.8, 4) is 11.5 Å². The van der Waals surface area contributed by atoms with Crippen molar-refractivity contribution in [1.29, 1.82) is 0 Å². The van der Waals surface area contributed by atoms with E-state index in [4.69, 9.17) is 14.2 Å². The number of benzene rings is 3. The first-order valence-electron chi connectivity index (χ1n) is 12.2. The molecule has 0 unspecified atom stereocenters. The molecule has 0 aliphatic heterocycles. The highest BCUT2D eigenvalue weighted by Crippen LogP contribution is 2.45. The zero-order chi connectivity index (χ0) is 24.8. The van der Waals surface area contributed by atoms with Crippen LogP contribution in [0.25, 0.3) is 0 Å². The lowest BCUT2D eigenvalue weighted by Crippen LogP contribution is -2.43. The average molecular weight is 474 g/mol. The highest BCUT2D eigenvalue weighted by atomic mass is 16.5. The quantitative estimate of drug-likeness (QED) is 0.357. The van der Waals surface area contributed by atoms with Gasteiger partial charge in [-0.25, -0.2) is 0 Å². The van der Waals surface area contributed by atoms with Gasteiger partial charge in [-0.1, -0.05) is 66.7 Å². The van der Waals surface area contributed by atoms with E-state index in [1.54, 1.807) is 14.2 Å². The van der Waals surface area contributed by atoms with E-state index in [1.165, 1.54) is 18.2 Å². The molecule has 0 spiro atoms. The zero-order valence-corrected chi connectivity index (χ0v) is 21.0. The monoisotopic (exact) mass is 473 g/mol. The fourth-order valence-corrected chi connectivity index (χ4v) is 5.54. The molecule has 0 saturated heterocycles. The molecule has 0 N–H and O–H groups in total. The summed E-state index contributed by atoms with van der Waals surface area (Å²) in [4.78, 5) is 15.7. The van der Waals surface area contributed by atoms with Gasteiger partial charge < -0.3 is 14.2 Å². The summed E-state index contributed by atoms with van der Waals surface area (Å²) in [5, 5.41) is 0. The Bertz CT molecular complexity index is 1100. The molecule has 0 radical (unpaired) electrons. The number of hydrogen-bond acceptors (Lipinski definition) is 5. The third-order valence-corrected chi connectivity index (χ3v) is 7.34. The lowest BCUT2D eigenvalue weighted by molar-refractivity contribution is -0.148. The molecule has 3 aromatic carbocycles. The van der Waals surface area contributed by atoms with Crippen LogP contribution in [-0.2, 0) is 16.1 Å². The summed E-state index contributed by atoms with van der Waals surface area (Å²) in [5.41, 5.74) is 3.53. The molecule has 0 amide bonds. The smallest absolute Gasteiger partial charge is 0.310 e. The minimum Gasteiger partial charge on any atom is -0.493 e. The minimum atomic E-state index is -0.242. The summed E-state index contributed by atoms with van der Waals surface area (Å²) < 4.78 is 16.4. The van der Waals surface area contributed by atoms with Crippen LogP contribution in [0.1, 0.15) is 48.4 Å². The van der Waals surface area contributed by atoms with E-state index in [-0.39, 0.29) is 29.9 Å². The number of ether oxygens (including phenoxy) is 3. The fourth-order valence-electron chi connectivity index (χ4n) is 5.54. The van der Waals surface area contributed by atoms with Crippen LogP contribution in [0.5, 0.6) is 11.5 Å². The molecule has 1 saturated carbocycles. The molecule has 184 valence electrons. The topological polar surface area (TPSA) is 48.0 Å². The first-order valence-corrected chi connectivity index (χ1v) is 12.2. The highest BCUT2D eigenvalue weighted by Gasteiger charge is 2.46. The molecule has 5 heteroatoms. The number of methoxy groups -OCH3 is 3. The number of carbonyl (C=O) groups excluding carboxylic acids is 1. The number of esters is 1. The van der Waals surface area contributed by atoms with E-state index in [2.05, 4.69) is 54.3 Å². The first kappa shape index (κ1) is 24.8. The maximum atomic E-state index is 13.2. The highest BCUT2D eigenvalue weighted by molar-refractivity contribution is 5.75. The van der Waals surface area contributed by atoms with E-state index in [0.29, 0.717) is 18.0 Å². The SMILES string of the molecule is COC(=O)[C@@H]1[C@H](N(Cc2ccc(OC)c(OC)c2)[C@@H](C)c2ccccc2)CC[C@H]1c1ccccc1. The summed E-state index contributed by atoms with van der Waals surface area (Å²) >= 11 is 0. The van der Waals surface area contributed by atoms with Crippen molar-refractivity contribution in [3.63, 3.8) is 0 Å². The molecule has 35 heavy (non-hydrogen) atoms. The normalized spacial score (nSPS) is 20.4. The summed E-state index contributed by atoms with van der Waals surface area (Å²) in [6, 6.07) is 27.0. The fraction of sp³-hybridized carbons (Fsp3) is 0.367. The second-order valence-electron chi connectivity index (χ2n) is 9.16. The van der Waals surface area contributed by atoms with Crippen molar-refractivity contribution < 1.29 is 19.0 Å². The summed E-state index contributed by atoms with van der Waals surface area (Å²) in [6.45, 7) is 2.90. The Morgan fingerprint density at radius 3 is 2.17 bits per heavy atom. The van der Waals surface area contributed by atoms with Crippen LogP contribution in [0.15, 0.2) is 78.9 Å². The van der Waals surface area contributed by atoms with E-state index in [0.717, 1.165) is 18.4 Å². The molecular formula is C30H35NO4. The predicted molar refractivity (Wildman–Crippen MR) is 138 cm³/mol. The van der Waals surface area contributed by atoms with Gasteiger partial charge in [-0.3, -0.25) is 9.69 Å². The summed E-state index contributed by atoms with van der Waals surface area (Å²) in [7, 11) is 4.80. The minimum absolute atomic E-state index is 0.0379. The largest absolute Gasteiger partial charge is 0.493 e. The average Bonchev–Trinajstić information content (AvgIpc) is 3.36. The van der Waals surface area contributed by atoms with E-state index in [9.17, 15) is 4.79 Å². The lowest BCUT2D eigenvalue weighted by atomic mass is 9.86. The number of nitrogens with zero attached hydrogens (tertiary/aromatic N) is 1. The van der Waals surface area contributed by atoms with Gasteiger partial charge in [0, 0.05) is 18.6 Å². The first-order chi connectivity index (χ1) is 17.1. The Balaban J connectivity index is 1.73. The van der Waals surface area contributed by atoms with Crippen LogP contribution >= 0.6 is 0 Å². The Morgan fingerprint density at radius 1 is 0.886 bits per heavy atom. The second-order valence-corrected chi connectivity index (χ2v) is 9.16. The van der Waals surface area contributed by atoms with Gasteiger partial charge in [-0.05, 0) is 54.5 Å². The van der Waals surface area contributed by atoms with Gasteiger partial charge in [0.25, 0.3) is 0 Å². The molecular weight excluding hydrogens is 438 g/mol. The molecule has 4 atom stereocenters. The molecule has 1 aliphatic rings. The van der Waals surface area contributed by atoms with Crippen LogP contribution in [0.4, 0.5) is 0 Å². The van der Waals surface area contributed by atoms with Gasteiger partial charge in [0.05, 0.1) is 27.2 Å². The van der Waals surface area contributed by atoms with Crippen molar-refractivity contribution in [2.75, 3.05) is 21.3 Å². The molecule has 1 fully saturated rings. The van der Waals surface area contributed by atoms with Crippen molar-refractivity contribution in [3.05, 3.63) is 95.6 Å². The Hall–Kier alpha value is -3.31. The van der Waals surface area contributed by atoms with Crippen molar-refractivity contribution >= 4 is 5.97 Å². The zero-order valence-electron chi connectivity index (χ0n) is 21.0. The van der Waals surface area contributed by atoms with Gasteiger partial charge in [0.15, 0.2) is 11.5 Å². The summed E-state index contributed by atoms with van der Waals surface area (Å²) in [5.74, 6) is 1.16. The molecule has 0 aromatic heterocycles. The van der Waals surface area contributed by atoms with Crippen molar-refractivity contribution in [1.82, 2.24) is 4.90 Å². The maximum absolute atomic E-state index is 13.2. The van der Waals surface area contributed by atoms with Crippen LogP contribution in [-0.4, -0.2) is 38.2 Å². The van der Waals surface area contributed by atoms with E-state index < -0.39 is 0 Å². The standard InChI is InChI=1S/C30H35NO4/c1-21(23-11-7-5-8-12-23)31(20-22-15-18-27(33-2)28(19-22)34-3)26-17-16-25(29(26)30(32)35-4)24-13-9-6-10-14-24/h5-15,18-19,21,25-26,29H,16-17,20H2,1-4H3/t21-,25-,26+,29-/m0/s1. The number of hydrogen-bond donors (Lipinski definition) is 0. The van der Waals surface area contributed by atoms with E-state index in [1.807, 2.05) is 36.4 Å². The molecule has 5 nitrogen and oxygen atoms in total. The third-order valence-electron chi connectivity index (χ3n) is 7.34. The van der Waals surface area contributed by atoms with Gasteiger partial charge in [-0.2, -0.15) is 0 Å². The Kier molecular flexibility index (Phi) is 8.09. The van der Waals surface area contributed by atoms with Crippen LogP contribution in [0, 0.1) is 5.92 Å². The molecule has 0 heterocycles. The van der Waals surface area contributed by atoms with Gasteiger partial charge >= 0.3 is 5.97 Å². The van der Waals surface area contributed by atoms with Gasteiger partial charge in [-0.15, -0.1) is 0 Å². The van der Waals surface area contributed by atoms with E-state index >= 15 is 0 Å². The van der Waals surface area contributed by atoms with Crippen molar-refractivity contribution in [2.45, 2.75) is 44.3 Å². The Labute approximate surface area is 208 Å². The van der Waals surface area contributed by atoms with Crippen LogP contribution < -0.4 is 9.47 Å². The van der Waals surface area contributed by atoms with Crippen molar-refractivity contribution in [2.24, 2.45) is 5.92 Å². The maximum Gasteiger partial charge on any atom is 0.310 e. The number of rotatable bonds is 9. The lowest BCUT2D eigenvalue weighted by Gasteiger charge is -2.38. The third kappa shape index (κ3) is 5.35. The molecule has 3 aromatic rings. The summed E-state index contributed by atoms with van der Waals surface area (Å²) in [6.07, 6.45) is 1.86. The predicted octanol–water partition coefficient (Wildman–Crippen LogP) is 6.00. The van der Waals surface area contributed by atoms with Crippen LogP contribution in [0.2, 0.25) is 0 Å². The van der Waals surface area contributed by atoms with Gasteiger partial charge in [0.1, 0.15) is 0 Å². The van der Waals surface area contributed by atoms with Gasteiger partial charge in [0.2, 0.25) is 0 Å². The second kappa shape index (κ2) is 11.4. The van der Waals surface area contributed by atoms with Crippen LogP contribution in [0.3, 0.4) is 0 Å². The molecule has 0 bridgehead atoms. The molecule has 1 aliphatic carbocycles.